The zero-order valence-electron chi connectivity index (χ0n) is 9.90. The Morgan fingerprint density at radius 3 is 2.74 bits per heavy atom. The molecule has 1 heterocycles. The van der Waals surface area contributed by atoms with E-state index in [0.717, 1.165) is 26.9 Å². The van der Waals surface area contributed by atoms with E-state index in [1.54, 1.807) is 0 Å². The summed E-state index contributed by atoms with van der Waals surface area (Å²) in [7, 11) is 0. The molecule has 0 unspecified atom stereocenters. The average molecular weight is 334 g/mol. The normalized spacial score (nSPS) is 12.0. The summed E-state index contributed by atoms with van der Waals surface area (Å²) in [6.45, 7) is 0. The first kappa shape index (κ1) is 12.5. The summed E-state index contributed by atoms with van der Waals surface area (Å²) >= 11 is 9.73. The molecule has 1 aromatic heterocycles. The van der Waals surface area contributed by atoms with Crippen molar-refractivity contribution in [1.82, 2.24) is 9.97 Å². The van der Waals surface area contributed by atoms with Crippen LogP contribution in [0.15, 0.2) is 53.0 Å². The van der Waals surface area contributed by atoms with Gasteiger partial charge in [0, 0.05) is 10.5 Å². The highest BCUT2D eigenvalue weighted by Gasteiger charge is 2.03. The number of imidazole rings is 1. The van der Waals surface area contributed by atoms with Crippen LogP contribution in [0.2, 0.25) is 0 Å². The molecule has 3 aromatic rings. The van der Waals surface area contributed by atoms with Crippen molar-refractivity contribution in [2.24, 2.45) is 0 Å². The molecule has 0 spiro atoms. The van der Waals surface area contributed by atoms with E-state index in [-0.39, 0.29) is 0 Å². The molecule has 0 aliphatic carbocycles. The third-order valence-electron chi connectivity index (χ3n) is 2.78. The zero-order chi connectivity index (χ0) is 13.2. The highest BCUT2D eigenvalue weighted by molar-refractivity contribution is 9.10. The molecule has 0 aliphatic rings. The number of benzene rings is 2. The third kappa shape index (κ3) is 2.72. The van der Waals surface area contributed by atoms with Crippen molar-refractivity contribution >= 4 is 49.7 Å². The Labute approximate surface area is 124 Å². The predicted octanol–water partition coefficient (Wildman–Crippen LogP) is 5.06. The molecule has 1 N–H and O–H groups in total. The highest BCUT2D eigenvalue weighted by atomic mass is 79.9. The smallest absolute Gasteiger partial charge is 0.132 e. The number of halogens is 2. The third-order valence-corrected chi connectivity index (χ3v) is 3.60. The van der Waals surface area contributed by atoms with Gasteiger partial charge in [0.25, 0.3) is 0 Å². The lowest BCUT2D eigenvalue weighted by Crippen LogP contribution is -1.78. The molecule has 2 aromatic carbocycles. The summed E-state index contributed by atoms with van der Waals surface area (Å²) in [4.78, 5) is 7.72. The molecule has 0 saturated heterocycles. The highest BCUT2D eigenvalue weighted by Crippen LogP contribution is 2.23. The first-order valence-corrected chi connectivity index (χ1v) is 6.97. The Kier molecular flexibility index (Phi) is 3.40. The fraction of sp³-hybridized carbons (Fsp3) is 0. The van der Waals surface area contributed by atoms with Gasteiger partial charge < -0.3 is 4.98 Å². The lowest BCUT2D eigenvalue weighted by molar-refractivity contribution is 1.29. The van der Waals surface area contributed by atoms with Gasteiger partial charge in [0.05, 0.1) is 16.1 Å². The van der Waals surface area contributed by atoms with Gasteiger partial charge in [0.15, 0.2) is 0 Å². The van der Waals surface area contributed by atoms with Crippen molar-refractivity contribution in [3.63, 3.8) is 0 Å². The van der Waals surface area contributed by atoms with E-state index in [0.29, 0.717) is 5.03 Å². The number of hydrogen-bond acceptors (Lipinski definition) is 1. The Morgan fingerprint density at radius 2 is 1.95 bits per heavy atom. The average Bonchev–Trinajstić information content (AvgIpc) is 2.81. The SMILES string of the molecule is Cl/C(=C\c1nc2ccc(Br)cc2[nH]1)c1ccccc1. The van der Waals surface area contributed by atoms with Crippen LogP contribution in [0.4, 0.5) is 0 Å². The van der Waals surface area contributed by atoms with Crippen LogP contribution in [0.5, 0.6) is 0 Å². The van der Waals surface area contributed by atoms with Crippen LogP contribution >= 0.6 is 27.5 Å². The van der Waals surface area contributed by atoms with Crippen molar-refractivity contribution in [1.29, 1.82) is 0 Å². The van der Waals surface area contributed by atoms with Gasteiger partial charge >= 0.3 is 0 Å². The second kappa shape index (κ2) is 5.19. The summed E-state index contributed by atoms with van der Waals surface area (Å²) in [6, 6.07) is 15.8. The number of nitrogens with zero attached hydrogens (tertiary/aromatic N) is 1. The van der Waals surface area contributed by atoms with Crippen molar-refractivity contribution in [3.05, 3.63) is 64.4 Å². The first-order chi connectivity index (χ1) is 9.22. The van der Waals surface area contributed by atoms with E-state index in [2.05, 4.69) is 25.9 Å². The summed E-state index contributed by atoms with van der Waals surface area (Å²) in [6.07, 6.45) is 1.84. The fourth-order valence-corrected chi connectivity index (χ4v) is 2.46. The van der Waals surface area contributed by atoms with Crippen molar-refractivity contribution in [3.8, 4) is 0 Å². The number of fused-ring (bicyclic) bond motifs is 1. The number of hydrogen-bond donors (Lipinski definition) is 1. The minimum absolute atomic E-state index is 0.665. The van der Waals surface area contributed by atoms with Gasteiger partial charge in [-0.25, -0.2) is 4.98 Å². The first-order valence-electron chi connectivity index (χ1n) is 5.80. The largest absolute Gasteiger partial charge is 0.338 e. The fourth-order valence-electron chi connectivity index (χ4n) is 1.87. The Morgan fingerprint density at radius 1 is 1.16 bits per heavy atom. The maximum absolute atomic E-state index is 6.29. The molecule has 0 fully saturated rings. The van der Waals surface area contributed by atoms with Gasteiger partial charge in [-0.15, -0.1) is 0 Å². The number of aromatic nitrogens is 2. The van der Waals surface area contributed by atoms with Crippen LogP contribution in [0, 0.1) is 0 Å². The molecule has 0 bridgehead atoms. The molecular weight excluding hydrogens is 324 g/mol. The van der Waals surface area contributed by atoms with Gasteiger partial charge in [0.2, 0.25) is 0 Å². The van der Waals surface area contributed by atoms with E-state index in [9.17, 15) is 0 Å². The molecule has 94 valence electrons. The minimum Gasteiger partial charge on any atom is -0.338 e. The van der Waals surface area contributed by atoms with Crippen molar-refractivity contribution in [2.75, 3.05) is 0 Å². The Balaban J connectivity index is 2.01. The van der Waals surface area contributed by atoms with Gasteiger partial charge in [-0.3, -0.25) is 0 Å². The lowest BCUT2D eigenvalue weighted by Gasteiger charge is -1.96. The second-order valence-electron chi connectivity index (χ2n) is 4.14. The van der Waals surface area contributed by atoms with E-state index < -0.39 is 0 Å². The van der Waals surface area contributed by atoms with Crippen LogP contribution in [0.25, 0.3) is 22.1 Å². The molecule has 0 radical (unpaired) electrons. The standard InChI is InChI=1S/C15H10BrClN2/c16-11-6-7-13-14(8-11)19-15(18-13)9-12(17)10-4-2-1-3-5-10/h1-9H,(H,18,19)/b12-9-. The van der Waals surface area contributed by atoms with Gasteiger partial charge in [-0.1, -0.05) is 57.9 Å². The van der Waals surface area contributed by atoms with Crippen LogP contribution in [0.1, 0.15) is 11.4 Å². The van der Waals surface area contributed by atoms with Crippen LogP contribution in [0.3, 0.4) is 0 Å². The molecule has 3 rings (SSSR count). The van der Waals surface area contributed by atoms with Crippen LogP contribution in [-0.4, -0.2) is 9.97 Å². The molecule has 4 heteroatoms. The minimum atomic E-state index is 0.665. The lowest BCUT2D eigenvalue weighted by atomic mass is 10.2. The van der Waals surface area contributed by atoms with Crippen molar-refractivity contribution < 1.29 is 0 Å². The number of rotatable bonds is 2. The summed E-state index contributed by atoms with van der Waals surface area (Å²) < 4.78 is 1.02. The molecule has 0 atom stereocenters. The van der Waals surface area contributed by atoms with Crippen LogP contribution < -0.4 is 0 Å². The number of H-pyrrole nitrogens is 1. The maximum Gasteiger partial charge on any atom is 0.132 e. The molecule has 0 saturated carbocycles. The summed E-state index contributed by atoms with van der Waals surface area (Å²) in [5.41, 5.74) is 2.89. The number of aromatic amines is 1. The molecule has 19 heavy (non-hydrogen) atoms. The Bertz CT molecular complexity index is 747. The van der Waals surface area contributed by atoms with Gasteiger partial charge in [-0.05, 0) is 23.8 Å². The monoisotopic (exact) mass is 332 g/mol. The predicted molar refractivity (Wildman–Crippen MR) is 84.0 cm³/mol. The zero-order valence-corrected chi connectivity index (χ0v) is 12.2. The molecular formula is C15H10BrClN2. The molecule has 0 amide bonds. The quantitative estimate of drug-likeness (QED) is 0.697. The van der Waals surface area contributed by atoms with Gasteiger partial charge in [-0.2, -0.15) is 0 Å². The van der Waals surface area contributed by atoms with E-state index >= 15 is 0 Å². The topological polar surface area (TPSA) is 28.7 Å². The number of nitrogens with one attached hydrogen (secondary N) is 1. The Hall–Kier alpha value is -1.58. The summed E-state index contributed by atoms with van der Waals surface area (Å²) in [5, 5.41) is 0.665. The van der Waals surface area contributed by atoms with E-state index in [4.69, 9.17) is 11.6 Å². The molecule has 0 aliphatic heterocycles. The van der Waals surface area contributed by atoms with Crippen LogP contribution in [-0.2, 0) is 0 Å². The molecule has 2 nitrogen and oxygen atoms in total. The summed E-state index contributed by atoms with van der Waals surface area (Å²) in [5.74, 6) is 0.752. The maximum atomic E-state index is 6.29. The van der Waals surface area contributed by atoms with E-state index in [1.165, 1.54) is 0 Å². The van der Waals surface area contributed by atoms with Gasteiger partial charge in [0.1, 0.15) is 5.82 Å². The van der Waals surface area contributed by atoms with Crippen molar-refractivity contribution in [2.45, 2.75) is 0 Å². The van der Waals surface area contributed by atoms with E-state index in [1.807, 2.05) is 54.6 Å². The second-order valence-corrected chi connectivity index (χ2v) is 5.46.